The molecule has 1 aliphatic heterocycles. The number of hydrogen-bond donors (Lipinski definition) is 1. The molecular formula is C19H27N5O. The van der Waals surface area contributed by atoms with Crippen molar-refractivity contribution in [3.8, 4) is 0 Å². The number of morpholine rings is 1. The highest BCUT2D eigenvalue weighted by atomic mass is 16.5. The second-order valence-electron chi connectivity index (χ2n) is 6.26. The van der Waals surface area contributed by atoms with Gasteiger partial charge in [0.05, 0.1) is 24.6 Å². The number of nitrogens with one attached hydrogen (secondary N) is 1. The maximum Gasteiger partial charge on any atom is 0.227 e. The van der Waals surface area contributed by atoms with Crippen molar-refractivity contribution in [2.45, 2.75) is 19.8 Å². The molecule has 2 aromatic rings. The van der Waals surface area contributed by atoms with E-state index in [9.17, 15) is 0 Å². The lowest BCUT2D eigenvalue weighted by molar-refractivity contribution is 0.123. The van der Waals surface area contributed by atoms with E-state index in [2.05, 4.69) is 50.2 Å². The van der Waals surface area contributed by atoms with Crippen LogP contribution in [0.15, 0.2) is 36.5 Å². The van der Waals surface area contributed by atoms with E-state index in [1.807, 2.05) is 25.4 Å². The van der Waals surface area contributed by atoms with Gasteiger partial charge >= 0.3 is 0 Å². The third kappa shape index (κ3) is 4.60. The molecule has 3 rings (SSSR count). The van der Waals surface area contributed by atoms with Crippen LogP contribution in [0.3, 0.4) is 0 Å². The van der Waals surface area contributed by atoms with Crippen molar-refractivity contribution in [2.75, 3.05) is 55.0 Å². The smallest absolute Gasteiger partial charge is 0.227 e. The lowest BCUT2D eigenvalue weighted by atomic mass is 10.2. The zero-order chi connectivity index (χ0) is 17.5. The van der Waals surface area contributed by atoms with Crippen LogP contribution in [0.5, 0.6) is 0 Å². The molecule has 0 amide bonds. The highest BCUT2D eigenvalue weighted by Crippen LogP contribution is 2.28. The van der Waals surface area contributed by atoms with Gasteiger partial charge in [-0.1, -0.05) is 25.5 Å². The van der Waals surface area contributed by atoms with Gasteiger partial charge in [-0.15, -0.1) is 0 Å². The molecule has 1 fully saturated rings. The summed E-state index contributed by atoms with van der Waals surface area (Å²) in [4.78, 5) is 13.5. The topological polar surface area (TPSA) is 53.5 Å². The molecule has 0 saturated carbocycles. The first kappa shape index (κ1) is 17.5. The minimum Gasteiger partial charge on any atom is -0.378 e. The first-order chi connectivity index (χ1) is 12.3. The molecule has 0 bridgehead atoms. The molecule has 2 heterocycles. The van der Waals surface area contributed by atoms with Crippen molar-refractivity contribution in [1.82, 2.24) is 9.97 Å². The van der Waals surface area contributed by atoms with Crippen LogP contribution in [0.2, 0.25) is 0 Å². The van der Waals surface area contributed by atoms with Crippen LogP contribution in [-0.4, -0.2) is 49.9 Å². The third-order valence-electron chi connectivity index (χ3n) is 4.35. The summed E-state index contributed by atoms with van der Waals surface area (Å²) in [5.41, 5.74) is 2.25. The molecule has 1 aromatic heterocycles. The molecule has 1 aromatic carbocycles. The monoisotopic (exact) mass is 341 g/mol. The first-order valence-electron chi connectivity index (χ1n) is 9.01. The number of hydrogen-bond acceptors (Lipinski definition) is 6. The number of anilines is 4. The number of ether oxygens (including phenoxy) is 1. The second-order valence-corrected chi connectivity index (χ2v) is 6.26. The number of nitrogens with zero attached hydrogens (tertiary/aromatic N) is 4. The summed E-state index contributed by atoms with van der Waals surface area (Å²) in [7, 11) is 2.04. The highest BCUT2D eigenvalue weighted by Gasteiger charge is 2.15. The Balaban J connectivity index is 1.76. The summed E-state index contributed by atoms with van der Waals surface area (Å²) in [6, 6.07) is 10.3. The molecule has 0 unspecified atom stereocenters. The molecule has 1 N–H and O–H groups in total. The third-order valence-corrected chi connectivity index (χ3v) is 4.35. The van der Waals surface area contributed by atoms with Crippen molar-refractivity contribution in [3.05, 3.63) is 36.5 Å². The number of aromatic nitrogens is 2. The van der Waals surface area contributed by atoms with Gasteiger partial charge in [0.25, 0.3) is 0 Å². The van der Waals surface area contributed by atoms with Crippen LogP contribution in [0.25, 0.3) is 0 Å². The molecule has 1 saturated heterocycles. The van der Waals surface area contributed by atoms with Gasteiger partial charge in [-0.2, -0.15) is 4.98 Å². The number of unbranched alkanes of at least 4 members (excludes halogenated alkanes) is 1. The van der Waals surface area contributed by atoms with Crippen LogP contribution >= 0.6 is 0 Å². The Morgan fingerprint density at radius 3 is 2.80 bits per heavy atom. The summed E-state index contributed by atoms with van der Waals surface area (Å²) < 4.78 is 5.47. The maximum absolute atomic E-state index is 5.47. The standard InChI is InChI=1S/C19H27N5O/c1-3-4-11-23(2)19-20-10-9-18(22-19)21-16-7-5-6-8-17(16)24-12-14-25-15-13-24/h5-10H,3-4,11-15H2,1-2H3,(H,20,21,22). The summed E-state index contributed by atoms with van der Waals surface area (Å²) in [5, 5.41) is 3.46. The lowest BCUT2D eigenvalue weighted by Crippen LogP contribution is -2.36. The second kappa shape index (κ2) is 8.67. The van der Waals surface area contributed by atoms with Crippen molar-refractivity contribution < 1.29 is 4.74 Å². The van der Waals surface area contributed by atoms with Gasteiger partial charge in [-0.25, -0.2) is 4.98 Å². The Labute approximate surface area is 149 Å². The number of benzene rings is 1. The molecule has 6 nitrogen and oxygen atoms in total. The number of rotatable bonds is 7. The highest BCUT2D eigenvalue weighted by molar-refractivity contribution is 5.74. The van der Waals surface area contributed by atoms with Gasteiger partial charge in [-0.05, 0) is 24.6 Å². The Hall–Kier alpha value is -2.34. The zero-order valence-electron chi connectivity index (χ0n) is 15.1. The largest absolute Gasteiger partial charge is 0.378 e. The average Bonchev–Trinajstić information content (AvgIpc) is 2.67. The minimum absolute atomic E-state index is 0.752. The Kier molecular flexibility index (Phi) is 6.06. The summed E-state index contributed by atoms with van der Waals surface area (Å²) in [6.45, 7) is 6.52. The molecule has 0 radical (unpaired) electrons. The van der Waals surface area contributed by atoms with Crippen LogP contribution in [0, 0.1) is 0 Å². The van der Waals surface area contributed by atoms with Crippen molar-refractivity contribution in [2.24, 2.45) is 0 Å². The predicted octanol–water partition coefficient (Wildman–Crippen LogP) is 3.29. The SMILES string of the molecule is CCCCN(C)c1nccc(Nc2ccccc2N2CCOCC2)n1. The van der Waals surface area contributed by atoms with Crippen molar-refractivity contribution >= 4 is 23.1 Å². The normalized spacial score (nSPS) is 14.4. The minimum atomic E-state index is 0.752. The number of para-hydroxylation sites is 2. The van der Waals surface area contributed by atoms with E-state index in [4.69, 9.17) is 4.74 Å². The lowest BCUT2D eigenvalue weighted by Gasteiger charge is -2.30. The van der Waals surface area contributed by atoms with Gasteiger partial charge < -0.3 is 19.9 Å². The quantitative estimate of drug-likeness (QED) is 0.834. The molecule has 0 spiro atoms. The van der Waals surface area contributed by atoms with Gasteiger partial charge in [0.1, 0.15) is 5.82 Å². The van der Waals surface area contributed by atoms with E-state index in [0.29, 0.717) is 0 Å². The van der Waals surface area contributed by atoms with Crippen LogP contribution in [0.1, 0.15) is 19.8 Å². The fourth-order valence-electron chi connectivity index (χ4n) is 2.89. The van der Waals surface area contributed by atoms with Gasteiger partial charge in [0.15, 0.2) is 0 Å². The van der Waals surface area contributed by atoms with Gasteiger partial charge in [0, 0.05) is 32.9 Å². The summed E-state index contributed by atoms with van der Waals surface area (Å²) in [5.74, 6) is 1.57. The van der Waals surface area contributed by atoms with Crippen LogP contribution < -0.4 is 15.1 Å². The van der Waals surface area contributed by atoms with E-state index >= 15 is 0 Å². The van der Waals surface area contributed by atoms with E-state index in [-0.39, 0.29) is 0 Å². The Morgan fingerprint density at radius 1 is 1.20 bits per heavy atom. The average molecular weight is 341 g/mol. The summed E-state index contributed by atoms with van der Waals surface area (Å²) >= 11 is 0. The molecular weight excluding hydrogens is 314 g/mol. The Bertz CT molecular complexity index is 672. The van der Waals surface area contributed by atoms with Gasteiger partial charge in [-0.3, -0.25) is 0 Å². The molecule has 1 aliphatic rings. The van der Waals surface area contributed by atoms with Crippen LogP contribution in [0.4, 0.5) is 23.1 Å². The molecule has 0 aliphatic carbocycles. The van der Waals surface area contributed by atoms with E-state index < -0.39 is 0 Å². The molecule has 134 valence electrons. The Morgan fingerprint density at radius 2 is 2.00 bits per heavy atom. The van der Waals surface area contributed by atoms with Crippen LogP contribution in [-0.2, 0) is 4.74 Å². The fourth-order valence-corrected chi connectivity index (χ4v) is 2.89. The van der Waals surface area contributed by atoms with Gasteiger partial charge in [0.2, 0.25) is 5.95 Å². The maximum atomic E-state index is 5.47. The molecule has 6 heteroatoms. The van der Waals surface area contributed by atoms with Crippen molar-refractivity contribution in [3.63, 3.8) is 0 Å². The van der Waals surface area contributed by atoms with E-state index in [1.54, 1.807) is 0 Å². The zero-order valence-corrected chi connectivity index (χ0v) is 15.1. The summed E-state index contributed by atoms with van der Waals surface area (Å²) in [6.07, 6.45) is 4.11. The molecule has 0 atom stereocenters. The predicted molar refractivity (Wildman–Crippen MR) is 103 cm³/mol. The first-order valence-corrected chi connectivity index (χ1v) is 9.01. The fraction of sp³-hybridized carbons (Fsp3) is 0.474. The molecule has 25 heavy (non-hydrogen) atoms. The van der Waals surface area contributed by atoms with E-state index in [0.717, 1.165) is 63.1 Å². The van der Waals surface area contributed by atoms with E-state index in [1.165, 1.54) is 5.69 Å². The van der Waals surface area contributed by atoms with Crippen molar-refractivity contribution in [1.29, 1.82) is 0 Å².